The minimum Gasteiger partial charge on any atom is -0.352 e. The van der Waals surface area contributed by atoms with Crippen molar-refractivity contribution in [1.82, 2.24) is 24.8 Å². The van der Waals surface area contributed by atoms with Gasteiger partial charge in [0.1, 0.15) is 0 Å². The SMILES string of the molecule is CCn1cccc1C1C(c2ccccn2)NC(=S)N1Cc1ccncc1. The predicted octanol–water partition coefficient (Wildman–Crippen LogP) is 3.47. The molecule has 4 rings (SSSR count). The molecule has 26 heavy (non-hydrogen) atoms. The lowest BCUT2D eigenvalue weighted by molar-refractivity contribution is 0.297. The Labute approximate surface area is 158 Å². The summed E-state index contributed by atoms with van der Waals surface area (Å²) in [5, 5.41) is 4.25. The van der Waals surface area contributed by atoms with E-state index in [0.29, 0.717) is 0 Å². The predicted molar refractivity (Wildman–Crippen MR) is 105 cm³/mol. The van der Waals surface area contributed by atoms with Gasteiger partial charge < -0.3 is 14.8 Å². The summed E-state index contributed by atoms with van der Waals surface area (Å²) in [5.74, 6) is 0. The van der Waals surface area contributed by atoms with Crippen molar-refractivity contribution in [3.8, 4) is 0 Å². The highest BCUT2D eigenvalue weighted by Crippen LogP contribution is 2.39. The zero-order chi connectivity index (χ0) is 17.9. The van der Waals surface area contributed by atoms with Gasteiger partial charge in [-0.25, -0.2) is 0 Å². The lowest BCUT2D eigenvalue weighted by atomic mass is 10.0. The lowest BCUT2D eigenvalue weighted by Crippen LogP contribution is -2.30. The molecule has 1 aliphatic rings. The Kier molecular flexibility index (Phi) is 4.67. The second-order valence-corrected chi connectivity index (χ2v) is 6.72. The number of hydrogen-bond donors (Lipinski definition) is 1. The second kappa shape index (κ2) is 7.25. The molecule has 1 saturated heterocycles. The molecule has 2 unspecified atom stereocenters. The number of rotatable bonds is 5. The fourth-order valence-corrected chi connectivity index (χ4v) is 3.87. The summed E-state index contributed by atoms with van der Waals surface area (Å²) in [6.07, 6.45) is 7.60. The summed E-state index contributed by atoms with van der Waals surface area (Å²) in [7, 11) is 0. The smallest absolute Gasteiger partial charge is 0.170 e. The Morgan fingerprint density at radius 1 is 1.08 bits per heavy atom. The van der Waals surface area contributed by atoms with Gasteiger partial charge in [-0.15, -0.1) is 0 Å². The number of thiocarbonyl (C=S) groups is 1. The Morgan fingerprint density at radius 2 is 1.92 bits per heavy atom. The van der Waals surface area contributed by atoms with Gasteiger partial charge in [0, 0.05) is 43.6 Å². The third kappa shape index (κ3) is 3.08. The van der Waals surface area contributed by atoms with Gasteiger partial charge in [-0.05, 0) is 61.1 Å². The third-order valence-electron chi connectivity index (χ3n) is 4.81. The van der Waals surface area contributed by atoms with Crippen LogP contribution in [0.3, 0.4) is 0 Å². The highest BCUT2D eigenvalue weighted by molar-refractivity contribution is 7.80. The molecule has 0 aromatic carbocycles. The first-order valence-electron chi connectivity index (χ1n) is 8.80. The van der Waals surface area contributed by atoms with E-state index in [9.17, 15) is 0 Å². The zero-order valence-electron chi connectivity index (χ0n) is 14.6. The van der Waals surface area contributed by atoms with Crippen LogP contribution in [0.2, 0.25) is 0 Å². The van der Waals surface area contributed by atoms with E-state index in [1.807, 2.05) is 42.9 Å². The van der Waals surface area contributed by atoms with Crippen LogP contribution < -0.4 is 5.32 Å². The van der Waals surface area contributed by atoms with Crippen LogP contribution in [0.5, 0.6) is 0 Å². The number of aryl methyl sites for hydroxylation is 1. The van der Waals surface area contributed by atoms with E-state index >= 15 is 0 Å². The van der Waals surface area contributed by atoms with Gasteiger partial charge in [-0.2, -0.15) is 0 Å². The van der Waals surface area contributed by atoms with Crippen LogP contribution in [-0.2, 0) is 13.1 Å². The Hall–Kier alpha value is -2.73. The quantitative estimate of drug-likeness (QED) is 0.703. The largest absolute Gasteiger partial charge is 0.352 e. The number of aromatic nitrogens is 3. The monoisotopic (exact) mass is 363 g/mol. The molecule has 0 radical (unpaired) electrons. The average Bonchev–Trinajstić information content (AvgIpc) is 3.28. The van der Waals surface area contributed by atoms with Crippen molar-refractivity contribution in [3.63, 3.8) is 0 Å². The topological polar surface area (TPSA) is 46.0 Å². The maximum absolute atomic E-state index is 5.71. The van der Waals surface area contributed by atoms with Crippen LogP contribution in [0.4, 0.5) is 0 Å². The fourth-order valence-electron chi connectivity index (χ4n) is 3.57. The van der Waals surface area contributed by atoms with Crippen molar-refractivity contribution in [1.29, 1.82) is 0 Å². The maximum atomic E-state index is 5.71. The van der Waals surface area contributed by atoms with Crippen molar-refractivity contribution in [2.24, 2.45) is 0 Å². The number of hydrogen-bond acceptors (Lipinski definition) is 3. The Bertz CT molecular complexity index is 877. The molecule has 0 saturated carbocycles. The Balaban J connectivity index is 1.75. The van der Waals surface area contributed by atoms with Crippen molar-refractivity contribution in [2.75, 3.05) is 0 Å². The number of nitrogens with one attached hydrogen (secondary N) is 1. The summed E-state index contributed by atoms with van der Waals surface area (Å²) in [6.45, 7) is 3.81. The molecular weight excluding hydrogens is 342 g/mol. The van der Waals surface area contributed by atoms with Crippen molar-refractivity contribution < 1.29 is 0 Å². The first-order chi connectivity index (χ1) is 12.8. The highest BCUT2D eigenvalue weighted by Gasteiger charge is 2.40. The van der Waals surface area contributed by atoms with E-state index in [1.54, 1.807) is 0 Å². The molecule has 1 N–H and O–H groups in total. The van der Waals surface area contributed by atoms with Gasteiger partial charge >= 0.3 is 0 Å². The van der Waals surface area contributed by atoms with Crippen molar-refractivity contribution in [3.05, 3.63) is 84.2 Å². The summed E-state index contributed by atoms with van der Waals surface area (Å²) >= 11 is 5.71. The summed E-state index contributed by atoms with van der Waals surface area (Å²) < 4.78 is 2.27. The summed E-state index contributed by atoms with van der Waals surface area (Å²) in [4.78, 5) is 11.0. The highest BCUT2D eigenvalue weighted by atomic mass is 32.1. The van der Waals surface area contributed by atoms with E-state index in [-0.39, 0.29) is 12.1 Å². The fraction of sp³-hybridized carbons (Fsp3) is 0.250. The first-order valence-corrected chi connectivity index (χ1v) is 9.20. The lowest BCUT2D eigenvalue weighted by Gasteiger charge is -2.28. The van der Waals surface area contributed by atoms with Crippen LogP contribution in [0, 0.1) is 0 Å². The normalized spacial score (nSPS) is 19.6. The van der Waals surface area contributed by atoms with Crippen molar-refractivity contribution >= 4 is 17.3 Å². The molecular formula is C20H21N5S. The summed E-state index contributed by atoms with van der Waals surface area (Å²) in [5.41, 5.74) is 3.43. The molecule has 5 nitrogen and oxygen atoms in total. The zero-order valence-corrected chi connectivity index (χ0v) is 15.4. The van der Waals surface area contributed by atoms with Gasteiger partial charge in [-0.3, -0.25) is 9.97 Å². The van der Waals surface area contributed by atoms with E-state index in [2.05, 4.69) is 56.1 Å². The molecule has 1 aliphatic heterocycles. The number of pyridine rings is 2. The molecule has 4 heterocycles. The van der Waals surface area contributed by atoms with Gasteiger partial charge in [0.25, 0.3) is 0 Å². The Morgan fingerprint density at radius 3 is 2.65 bits per heavy atom. The van der Waals surface area contributed by atoms with Gasteiger partial charge in [0.15, 0.2) is 5.11 Å². The molecule has 0 amide bonds. The maximum Gasteiger partial charge on any atom is 0.170 e. The van der Waals surface area contributed by atoms with Crippen LogP contribution in [0.15, 0.2) is 67.3 Å². The van der Waals surface area contributed by atoms with E-state index in [0.717, 1.165) is 23.9 Å². The van der Waals surface area contributed by atoms with Gasteiger partial charge in [0.2, 0.25) is 0 Å². The van der Waals surface area contributed by atoms with Crippen LogP contribution in [0.25, 0.3) is 0 Å². The molecule has 3 aromatic rings. The number of nitrogens with zero attached hydrogens (tertiary/aromatic N) is 4. The van der Waals surface area contributed by atoms with E-state index < -0.39 is 0 Å². The van der Waals surface area contributed by atoms with Gasteiger partial charge in [-0.1, -0.05) is 6.07 Å². The second-order valence-electron chi connectivity index (χ2n) is 6.33. The van der Waals surface area contributed by atoms with Crippen LogP contribution in [0.1, 0.15) is 36.0 Å². The van der Waals surface area contributed by atoms with E-state index in [1.165, 1.54) is 11.3 Å². The molecule has 3 aromatic heterocycles. The van der Waals surface area contributed by atoms with Crippen LogP contribution >= 0.6 is 12.2 Å². The molecule has 0 bridgehead atoms. The van der Waals surface area contributed by atoms with Gasteiger partial charge in [0.05, 0.1) is 17.8 Å². The molecule has 1 fully saturated rings. The molecule has 2 atom stereocenters. The average molecular weight is 363 g/mol. The molecule has 6 heteroatoms. The minimum atomic E-state index is 0.0192. The standard InChI is InChI=1S/C20H21N5S/c1-2-24-13-5-7-17(24)19-18(16-6-3-4-10-22-16)23-20(26)25(19)14-15-8-11-21-12-9-15/h3-13,18-19H,2,14H2,1H3,(H,23,26). The molecule has 0 aliphatic carbocycles. The van der Waals surface area contributed by atoms with E-state index in [4.69, 9.17) is 12.2 Å². The van der Waals surface area contributed by atoms with Crippen LogP contribution in [-0.4, -0.2) is 24.5 Å². The third-order valence-corrected chi connectivity index (χ3v) is 5.16. The summed E-state index contributed by atoms with van der Waals surface area (Å²) in [6, 6.07) is 14.5. The molecule has 0 spiro atoms. The van der Waals surface area contributed by atoms with Crippen molar-refractivity contribution in [2.45, 2.75) is 32.1 Å². The minimum absolute atomic E-state index is 0.0192. The first kappa shape index (κ1) is 16.7. The molecule has 132 valence electrons.